The van der Waals surface area contributed by atoms with Gasteiger partial charge in [-0.15, -0.1) is 0 Å². The maximum atomic E-state index is 4.58. The molecule has 3 heteroatoms. The van der Waals surface area contributed by atoms with Crippen molar-refractivity contribution in [3.63, 3.8) is 0 Å². The average Bonchev–Trinajstić information content (AvgIpc) is 2.65. The summed E-state index contributed by atoms with van der Waals surface area (Å²) in [6.45, 7) is 5.84. The average molecular weight is 219 g/mol. The first kappa shape index (κ1) is 10.3. The van der Waals surface area contributed by atoms with Crippen LogP contribution in [0.5, 0.6) is 0 Å². The minimum absolute atomic E-state index is 0.171. The number of imidazole rings is 1. The number of nitrogens with one attached hydrogen (secondary N) is 2. The molecule has 0 bridgehead atoms. The third-order valence-corrected chi connectivity index (χ3v) is 4.21. The fraction of sp³-hybridized carbons (Fsp3) is 0.769. The fourth-order valence-corrected chi connectivity index (χ4v) is 3.90. The van der Waals surface area contributed by atoms with Crippen molar-refractivity contribution in [2.45, 2.75) is 45.1 Å². The first-order valence-corrected chi connectivity index (χ1v) is 6.47. The summed E-state index contributed by atoms with van der Waals surface area (Å²) in [5, 5.41) is 3.76. The fourth-order valence-electron chi connectivity index (χ4n) is 3.90. The van der Waals surface area contributed by atoms with E-state index in [2.05, 4.69) is 29.1 Å². The van der Waals surface area contributed by atoms with Crippen molar-refractivity contribution >= 4 is 0 Å². The molecule has 1 spiro atoms. The summed E-state index contributed by atoms with van der Waals surface area (Å²) >= 11 is 0. The Balaban J connectivity index is 2.00. The van der Waals surface area contributed by atoms with E-state index >= 15 is 0 Å². The SMILES string of the molecule is C[C@H]1C[C@H](C)CC2(C1)NCCc1[nH]cnc12. The smallest absolute Gasteiger partial charge is 0.0926 e. The van der Waals surface area contributed by atoms with Crippen molar-refractivity contribution in [2.24, 2.45) is 11.8 Å². The Hall–Kier alpha value is -0.830. The van der Waals surface area contributed by atoms with Crippen LogP contribution < -0.4 is 5.32 Å². The molecule has 3 rings (SSSR count). The summed E-state index contributed by atoms with van der Waals surface area (Å²) in [5.74, 6) is 1.61. The van der Waals surface area contributed by atoms with E-state index in [0.717, 1.165) is 24.8 Å². The van der Waals surface area contributed by atoms with Crippen molar-refractivity contribution in [1.82, 2.24) is 15.3 Å². The molecule has 1 aromatic rings. The van der Waals surface area contributed by atoms with E-state index in [1.54, 1.807) is 0 Å². The van der Waals surface area contributed by atoms with Gasteiger partial charge in [0.2, 0.25) is 0 Å². The van der Waals surface area contributed by atoms with Gasteiger partial charge in [-0.1, -0.05) is 13.8 Å². The summed E-state index contributed by atoms with van der Waals surface area (Å²) in [4.78, 5) is 7.89. The summed E-state index contributed by atoms with van der Waals surface area (Å²) in [6.07, 6.45) is 6.82. The quantitative estimate of drug-likeness (QED) is 0.702. The normalized spacial score (nSPS) is 38.6. The maximum Gasteiger partial charge on any atom is 0.0926 e. The van der Waals surface area contributed by atoms with Crippen LogP contribution in [0.4, 0.5) is 0 Å². The highest BCUT2D eigenvalue weighted by atomic mass is 15.1. The minimum atomic E-state index is 0.171. The van der Waals surface area contributed by atoms with Gasteiger partial charge >= 0.3 is 0 Å². The number of H-pyrrole nitrogens is 1. The molecule has 2 N–H and O–H groups in total. The van der Waals surface area contributed by atoms with E-state index in [-0.39, 0.29) is 5.54 Å². The van der Waals surface area contributed by atoms with Crippen LogP contribution in [0.15, 0.2) is 6.33 Å². The molecule has 0 radical (unpaired) electrons. The zero-order chi connectivity index (χ0) is 11.2. The van der Waals surface area contributed by atoms with Crippen LogP contribution in [-0.4, -0.2) is 16.5 Å². The predicted molar refractivity (Wildman–Crippen MR) is 64.2 cm³/mol. The Labute approximate surface area is 97.0 Å². The number of aromatic nitrogens is 2. The van der Waals surface area contributed by atoms with E-state index in [1.165, 1.54) is 30.7 Å². The highest BCUT2D eigenvalue weighted by Crippen LogP contribution is 2.43. The Bertz CT molecular complexity index is 372. The number of hydrogen-bond donors (Lipinski definition) is 2. The topological polar surface area (TPSA) is 40.7 Å². The van der Waals surface area contributed by atoms with Crippen LogP contribution in [0, 0.1) is 11.8 Å². The van der Waals surface area contributed by atoms with Crippen LogP contribution in [0.1, 0.15) is 44.5 Å². The monoisotopic (exact) mass is 219 g/mol. The molecular formula is C13H21N3. The van der Waals surface area contributed by atoms with E-state index in [4.69, 9.17) is 0 Å². The Morgan fingerprint density at radius 1 is 1.31 bits per heavy atom. The maximum absolute atomic E-state index is 4.58. The molecule has 0 saturated heterocycles. The first-order chi connectivity index (χ1) is 7.70. The molecule has 1 aliphatic heterocycles. The van der Waals surface area contributed by atoms with Gasteiger partial charge < -0.3 is 10.3 Å². The third-order valence-electron chi connectivity index (χ3n) is 4.21. The van der Waals surface area contributed by atoms with Crippen LogP contribution in [-0.2, 0) is 12.0 Å². The van der Waals surface area contributed by atoms with Gasteiger partial charge in [0.1, 0.15) is 0 Å². The van der Waals surface area contributed by atoms with Crippen molar-refractivity contribution in [1.29, 1.82) is 0 Å². The molecule has 88 valence electrons. The van der Waals surface area contributed by atoms with Gasteiger partial charge in [0, 0.05) is 18.7 Å². The molecule has 1 aromatic heterocycles. The van der Waals surface area contributed by atoms with Crippen molar-refractivity contribution in [3.05, 3.63) is 17.7 Å². The van der Waals surface area contributed by atoms with Crippen molar-refractivity contribution < 1.29 is 0 Å². The van der Waals surface area contributed by atoms with Crippen LogP contribution in [0.2, 0.25) is 0 Å². The second-order valence-electron chi connectivity index (χ2n) is 5.84. The van der Waals surface area contributed by atoms with E-state index < -0.39 is 0 Å². The number of rotatable bonds is 0. The summed E-state index contributed by atoms with van der Waals surface area (Å²) in [5.41, 5.74) is 2.84. The van der Waals surface area contributed by atoms with Gasteiger partial charge in [-0.25, -0.2) is 4.98 Å². The van der Waals surface area contributed by atoms with Crippen LogP contribution >= 0.6 is 0 Å². The van der Waals surface area contributed by atoms with Gasteiger partial charge in [-0.2, -0.15) is 0 Å². The van der Waals surface area contributed by atoms with Gasteiger partial charge in [0.05, 0.1) is 17.6 Å². The van der Waals surface area contributed by atoms with E-state index in [9.17, 15) is 0 Å². The standard InChI is InChI=1S/C13H21N3/c1-9-5-10(2)7-13(6-9)12-11(3-4-16-13)14-8-15-12/h8-10,16H,3-7H2,1-2H3,(H,14,15)/t9-,10-/m0/s1. The molecule has 3 nitrogen and oxygen atoms in total. The molecule has 0 amide bonds. The molecular weight excluding hydrogens is 198 g/mol. The van der Waals surface area contributed by atoms with Gasteiger partial charge in [0.15, 0.2) is 0 Å². The Morgan fingerprint density at radius 2 is 2.06 bits per heavy atom. The van der Waals surface area contributed by atoms with E-state index in [1.807, 2.05) is 6.33 Å². The highest BCUT2D eigenvalue weighted by Gasteiger charge is 2.43. The van der Waals surface area contributed by atoms with Gasteiger partial charge in [-0.05, 0) is 31.1 Å². The lowest BCUT2D eigenvalue weighted by molar-refractivity contribution is 0.133. The zero-order valence-corrected chi connectivity index (χ0v) is 10.2. The summed E-state index contributed by atoms with van der Waals surface area (Å²) in [6, 6.07) is 0. The lowest BCUT2D eigenvalue weighted by Crippen LogP contribution is -2.51. The van der Waals surface area contributed by atoms with Crippen molar-refractivity contribution in [2.75, 3.05) is 6.54 Å². The number of hydrogen-bond acceptors (Lipinski definition) is 2. The predicted octanol–water partition coefficient (Wildman–Crippen LogP) is 2.21. The van der Waals surface area contributed by atoms with Crippen LogP contribution in [0.25, 0.3) is 0 Å². The number of fused-ring (bicyclic) bond motifs is 2. The molecule has 16 heavy (non-hydrogen) atoms. The lowest BCUT2D eigenvalue weighted by atomic mass is 9.68. The zero-order valence-electron chi connectivity index (χ0n) is 10.2. The minimum Gasteiger partial charge on any atom is -0.348 e. The molecule has 2 aliphatic rings. The number of aromatic amines is 1. The Morgan fingerprint density at radius 3 is 2.81 bits per heavy atom. The van der Waals surface area contributed by atoms with Gasteiger partial charge in [0.25, 0.3) is 0 Å². The second kappa shape index (κ2) is 3.59. The highest BCUT2D eigenvalue weighted by molar-refractivity contribution is 5.26. The van der Waals surface area contributed by atoms with Crippen LogP contribution in [0.3, 0.4) is 0 Å². The molecule has 0 unspecified atom stereocenters. The molecule has 2 heterocycles. The molecule has 1 saturated carbocycles. The third kappa shape index (κ3) is 1.49. The molecule has 1 fully saturated rings. The molecule has 0 aromatic carbocycles. The van der Waals surface area contributed by atoms with Gasteiger partial charge in [-0.3, -0.25) is 0 Å². The van der Waals surface area contributed by atoms with Crippen molar-refractivity contribution in [3.8, 4) is 0 Å². The summed E-state index contributed by atoms with van der Waals surface area (Å²) < 4.78 is 0. The summed E-state index contributed by atoms with van der Waals surface area (Å²) in [7, 11) is 0. The first-order valence-electron chi connectivity index (χ1n) is 6.47. The molecule has 1 aliphatic carbocycles. The largest absolute Gasteiger partial charge is 0.348 e. The number of nitrogens with zero attached hydrogens (tertiary/aromatic N) is 1. The lowest BCUT2D eigenvalue weighted by Gasteiger charge is -2.45. The van der Waals surface area contributed by atoms with E-state index in [0.29, 0.717) is 0 Å². The second-order valence-corrected chi connectivity index (χ2v) is 5.84. The molecule has 2 atom stereocenters. The Kier molecular flexibility index (Phi) is 2.32.